The summed E-state index contributed by atoms with van der Waals surface area (Å²) >= 11 is 0. The molecule has 0 unspecified atom stereocenters. The van der Waals surface area contributed by atoms with E-state index in [-0.39, 0.29) is 11.3 Å². The van der Waals surface area contributed by atoms with E-state index in [0.29, 0.717) is 16.4 Å². The minimum absolute atomic E-state index is 0.0920. The lowest BCUT2D eigenvalue weighted by Gasteiger charge is -2.11. The van der Waals surface area contributed by atoms with E-state index in [2.05, 4.69) is 20.6 Å². The molecule has 0 bridgehead atoms. The molecule has 158 valence electrons. The fourth-order valence-electron chi connectivity index (χ4n) is 2.72. The van der Waals surface area contributed by atoms with E-state index in [1.54, 1.807) is 12.1 Å². The molecule has 0 fully saturated rings. The molecule has 0 aliphatic carbocycles. The van der Waals surface area contributed by atoms with E-state index in [0.717, 1.165) is 5.56 Å². The van der Waals surface area contributed by atoms with E-state index < -0.39 is 36.2 Å². The van der Waals surface area contributed by atoms with Crippen molar-refractivity contribution in [1.29, 1.82) is 0 Å². The number of nitrogens with zero attached hydrogens (tertiary/aromatic N) is 4. The summed E-state index contributed by atoms with van der Waals surface area (Å²) in [5, 5.41) is 23.9. The van der Waals surface area contributed by atoms with Crippen LogP contribution in [-0.2, 0) is 14.4 Å². The number of carboxylic acids is 1. The van der Waals surface area contributed by atoms with Crippen LogP contribution in [0.4, 0.5) is 11.4 Å². The lowest BCUT2D eigenvalue weighted by Crippen LogP contribution is -2.36. The summed E-state index contributed by atoms with van der Waals surface area (Å²) < 4.78 is 0. The van der Waals surface area contributed by atoms with Gasteiger partial charge < -0.3 is 10.4 Å². The largest absolute Gasteiger partial charge is 0.478 e. The van der Waals surface area contributed by atoms with Crippen LogP contribution in [0.2, 0.25) is 0 Å². The van der Waals surface area contributed by atoms with Gasteiger partial charge in [0.25, 0.3) is 11.8 Å². The molecule has 10 nitrogen and oxygen atoms in total. The molecule has 1 aliphatic heterocycles. The highest BCUT2D eigenvalue weighted by molar-refractivity contribution is 6.18. The third kappa shape index (κ3) is 5.24. The second-order valence-corrected chi connectivity index (χ2v) is 6.85. The Kier molecular flexibility index (Phi) is 6.29. The Hall–Kier alpha value is -4.21. The predicted octanol–water partition coefficient (Wildman–Crippen LogP) is 2.92. The molecular formula is C21H19N5O5. The van der Waals surface area contributed by atoms with Crippen molar-refractivity contribution < 1.29 is 24.3 Å². The first-order chi connectivity index (χ1) is 14.7. The molecule has 2 aromatic carbocycles. The number of aryl methyl sites for hydroxylation is 1. The number of aromatic carboxylic acids is 1. The number of azo groups is 1. The maximum Gasteiger partial charge on any atom is 0.335 e. The summed E-state index contributed by atoms with van der Waals surface area (Å²) in [4.78, 5) is 47.9. The van der Waals surface area contributed by atoms with Crippen molar-refractivity contribution in [3.05, 3.63) is 59.7 Å². The summed E-state index contributed by atoms with van der Waals surface area (Å²) in [5.74, 6) is -3.13. The third-order valence-corrected chi connectivity index (χ3v) is 4.38. The van der Waals surface area contributed by atoms with Gasteiger partial charge in [0.05, 0.1) is 17.0 Å². The molecule has 10 heteroatoms. The zero-order chi connectivity index (χ0) is 22.5. The SMILES string of the molecule is CC1=NN(C(=O)CC(=O)Nc2ccc(C)cc2)C(=O)[C@H]1N=Nc1ccc(C(=O)O)cc1. The Balaban J connectivity index is 1.61. The molecule has 0 radical (unpaired) electrons. The number of imide groups is 1. The van der Waals surface area contributed by atoms with Gasteiger partial charge in [0.15, 0.2) is 6.04 Å². The van der Waals surface area contributed by atoms with Gasteiger partial charge in [0.1, 0.15) is 6.42 Å². The number of amides is 3. The fraction of sp³-hybridized carbons (Fsp3) is 0.190. The summed E-state index contributed by atoms with van der Waals surface area (Å²) in [5.41, 5.74) is 2.25. The van der Waals surface area contributed by atoms with Gasteiger partial charge in [-0.05, 0) is 50.2 Å². The number of anilines is 1. The summed E-state index contributed by atoms with van der Waals surface area (Å²) in [6.07, 6.45) is -0.559. The van der Waals surface area contributed by atoms with Crippen LogP contribution in [0.1, 0.15) is 29.3 Å². The maximum atomic E-state index is 12.5. The number of carboxylic acid groups (broad SMARTS) is 1. The lowest BCUT2D eigenvalue weighted by molar-refractivity contribution is -0.144. The van der Waals surface area contributed by atoms with Crippen LogP contribution in [0.25, 0.3) is 0 Å². The van der Waals surface area contributed by atoms with Gasteiger partial charge in [0, 0.05) is 5.69 Å². The van der Waals surface area contributed by atoms with Crippen LogP contribution in [0, 0.1) is 6.92 Å². The standard InChI is InChI=1S/C21H19N5O5/c1-12-3-7-15(8-4-12)22-17(27)11-18(28)26-20(29)19(13(2)25-26)24-23-16-9-5-14(6-10-16)21(30)31/h3-10,19H,11H2,1-2H3,(H,22,27)(H,30,31)/t19-/m0/s1. The van der Waals surface area contributed by atoms with Gasteiger partial charge in [-0.15, -0.1) is 0 Å². The molecule has 3 amide bonds. The van der Waals surface area contributed by atoms with E-state index in [1.807, 2.05) is 19.1 Å². The number of hydrogen-bond acceptors (Lipinski definition) is 7. The first kappa shape index (κ1) is 21.5. The van der Waals surface area contributed by atoms with Crippen molar-refractivity contribution >= 4 is 40.8 Å². The first-order valence-corrected chi connectivity index (χ1v) is 9.27. The van der Waals surface area contributed by atoms with Crippen molar-refractivity contribution in [2.24, 2.45) is 15.3 Å². The summed E-state index contributed by atoms with van der Waals surface area (Å²) in [6.45, 7) is 3.43. The highest BCUT2D eigenvalue weighted by Crippen LogP contribution is 2.19. The quantitative estimate of drug-likeness (QED) is 0.545. The van der Waals surface area contributed by atoms with Gasteiger partial charge in [-0.2, -0.15) is 20.3 Å². The average Bonchev–Trinajstić information content (AvgIpc) is 3.02. The van der Waals surface area contributed by atoms with Crippen molar-refractivity contribution in [2.45, 2.75) is 26.3 Å². The van der Waals surface area contributed by atoms with Crippen molar-refractivity contribution in [1.82, 2.24) is 5.01 Å². The zero-order valence-corrected chi connectivity index (χ0v) is 16.8. The Morgan fingerprint density at radius 1 is 1.06 bits per heavy atom. The van der Waals surface area contributed by atoms with Gasteiger partial charge in [-0.25, -0.2) is 4.79 Å². The van der Waals surface area contributed by atoms with Gasteiger partial charge in [-0.1, -0.05) is 17.7 Å². The highest BCUT2D eigenvalue weighted by atomic mass is 16.4. The number of carbonyl (C=O) groups is 4. The third-order valence-electron chi connectivity index (χ3n) is 4.38. The van der Waals surface area contributed by atoms with E-state index in [1.165, 1.54) is 31.2 Å². The Morgan fingerprint density at radius 3 is 2.32 bits per heavy atom. The molecule has 0 spiro atoms. The molecule has 31 heavy (non-hydrogen) atoms. The maximum absolute atomic E-state index is 12.5. The molecule has 1 atom stereocenters. The fourth-order valence-corrected chi connectivity index (χ4v) is 2.72. The Labute approximate surface area is 177 Å². The smallest absolute Gasteiger partial charge is 0.335 e. The van der Waals surface area contributed by atoms with Gasteiger partial charge in [0.2, 0.25) is 5.91 Å². The highest BCUT2D eigenvalue weighted by Gasteiger charge is 2.38. The zero-order valence-electron chi connectivity index (χ0n) is 16.8. The van der Waals surface area contributed by atoms with E-state index >= 15 is 0 Å². The van der Waals surface area contributed by atoms with Crippen LogP contribution in [0.5, 0.6) is 0 Å². The van der Waals surface area contributed by atoms with Gasteiger partial charge in [-0.3, -0.25) is 14.4 Å². The molecule has 0 saturated carbocycles. The van der Waals surface area contributed by atoms with Crippen LogP contribution in [0.3, 0.4) is 0 Å². The molecule has 0 saturated heterocycles. The molecule has 0 aromatic heterocycles. The normalized spacial score (nSPS) is 15.8. The molecule has 3 rings (SSSR count). The number of nitrogens with one attached hydrogen (secondary N) is 1. The molecular weight excluding hydrogens is 402 g/mol. The summed E-state index contributed by atoms with van der Waals surface area (Å²) in [7, 11) is 0. The van der Waals surface area contributed by atoms with Crippen molar-refractivity contribution in [3.63, 3.8) is 0 Å². The molecule has 2 aromatic rings. The minimum Gasteiger partial charge on any atom is -0.478 e. The Bertz CT molecular complexity index is 1090. The van der Waals surface area contributed by atoms with Gasteiger partial charge >= 0.3 is 5.97 Å². The van der Waals surface area contributed by atoms with Crippen LogP contribution in [0.15, 0.2) is 63.9 Å². The number of hydrogen-bond donors (Lipinski definition) is 2. The number of benzene rings is 2. The molecule has 1 aliphatic rings. The summed E-state index contributed by atoms with van der Waals surface area (Å²) in [6, 6.07) is 11.6. The van der Waals surface area contributed by atoms with Crippen LogP contribution >= 0.6 is 0 Å². The van der Waals surface area contributed by atoms with Crippen molar-refractivity contribution in [2.75, 3.05) is 5.32 Å². The lowest BCUT2D eigenvalue weighted by atomic mass is 10.2. The first-order valence-electron chi connectivity index (χ1n) is 9.27. The Morgan fingerprint density at radius 2 is 1.71 bits per heavy atom. The second-order valence-electron chi connectivity index (χ2n) is 6.85. The number of hydrazone groups is 1. The van der Waals surface area contributed by atoms with E-state index in [9.17, 15) is 19.2 Å². The minimum atomic E-state index is -1.09. The van der Waals surface area contributed by atoms with Crippen LogP contribution in [-0.4, -0.2) is 45.6 Å². The predicted molar refractivity (Wildman–Crippen MR) is 111 cm³/mol. The monoisotopic (exact) mass is 421 g/mol. The molecule has 1 heterocycles. The number of rotatable bonds is 6. The number of carbonyl (C=O) groups excluding carboxylic acids is 3. The second kappa shape index (κ2) is 9.08. The molecule has 2 N–H and O–H groups in total. The topological polar surface area (TPSA) is 141 Å². The van der Waals surface area contributed by atoms with Crippen molar-refractivity contribution in [3.8, 4) is 0 Å². The average molecular weight is 421 g/mol. The van der Waals surface area contributed by atoms with Crippen LogP contribution < -0.4 is 5.32 Å². The van der Waals surface area contributed by atoms with E-state index in [4.69, 9.17) is 5.11 Å².